The quantitative estimate of drug-likeness (QED) is 0.531. The molecule has 1 saturated heterocycles. The van der Waals surface area contributed by atoms with Crippen molar-refractivity contribution in [3.8, 4) is 0 Å². The zero-order chi connectivity index (χ0) is 18.5. The Morgan fingerprint density at radius 2 is 1.96 bits per heavy atom. The van der Waals surface area contributed by atoms with Gasteiger partial charge in [-0.3, -0.25) is 9.80 Å². The molecule has 1 aromatic carbocycles. The largest absolute Gasteiger partial charge is 0.509 e. The third-order valence-corrected chi connectivity index (χ3v) is 5.34. The highest BCUT2D eigenvalue weighted by Crippen LogP contribution is 2.41. The van der Waals surface area contributed by atoms with Gasteiger partial charge in [0.1, 0.15) is 17.4 Å². The van der Waals surface area contributed by atoms with Crippen LogP contribution in [0.3, 0.4) is 0 Å². The van der Waals surface area contributed by atoms with E-state index in [0.717, 1.165) is 17.1 Å². The standard InChI is InChI=1S/C16H15F2IN2O4/c1-16-3-2-4-21(16)20(14(23)12(13(16)22)15(24)25)7-9-10(17)5-8(19)6-11(9)18/h5-6,22H,2-4,7H2,1H3,(H,24,25)/t16-/m1/s1. The van der Waals surface area contributed by atoms with Crippen molar-refractivity contribution in [3.05, 3.63) is 44.2 Å². The van der Waals surface area contributed by atoms with Gasteiger partial charge >= 0.3 is 5.97 Å². The molecular weight excluding hydrogens is 449 g/mol. The highest BCUT2D eigenvalue weighted by molar-refractivity contribution is 14.1. The molecule has 1 aromatic rings. The van der Waals surface area contributed by atoms with E-state index < -0.39 is 46.9 Å². The molecule has 1 atom stereocenters. The fourth-order valence-electron chi connectivity index (χ4n) is 3.41. The molecule has 0 aromatic heterocycles. The highest BCUT2D eigenvalue weighted by Gasteiger charge is 2.52. The molecule has 134 valence electrons. The summed E-state index contributed by atoms with van der Waals surface area (Å²) in [5, 5.41) is 22.2. The van der Waals surface area contributed by atoms with Crippen LogP contribution < -0.4 is 0 Å². The summed E-state index contributed by atoms with van der Waals surface area (Å²) in [6, 6.07) is 2.28. The predicted molar refractivity (Wildman–Crippen MR) is 91.3 cm³/mol. The van der Waals surface area contributed by atoms with Crippen molar-refractivity contribution in [2.24, 2.45) is 0 Å². The molecule has 2 aliphatic rings. The van der Waals surface area contributed by atoms with Crippen LogP contribution in [0.4, 0.5) is 8.78 Å². The van der Waals surface area contributed by atoms with Crippen molar-refractivity contribution in [2.45, 2.75) is 31.8 Å². The minimum absolute atomic E-state index is 0.325. The molecule has 1 amide bonds. The first-order valence-corrected chi connectivity index (χ1v) is 8.64. The SMILES string of the molecule is C[C@]12CCCN1N(Cc1c(F)cc(I)cc1F)C(=O)C(C(=O)O)=C2O. The molecule has 2 aliphatic heterocycles. The van der Waals surface area contributed by atoms with Gasteiger partial charge in [0, 0.05) is 15.7 Å². The van der Waals surface area contributed by atoms with Crippen molar-refractivity contribution in [3.63, 3.8) is 0 Å². The number of rotatable bonds is 3. The maximum Gasteiger partial charge on any atom is 0.344 e. The molecule has 0 aliphatic carbocycles. The number of benzene rings is 1. The van der Waals surface area contributed by atoms with Gasteiger partial charge in [-0.25, -0.2) is 18.6 Å². The van der Waals surface area contributed by atoms with Crippen LogP contribution in [0.15, 0.2) is 23.5 Å². The van der Waals surface area contributed by atoms with Gasteiger partial charge in [-0.05, 0) is 54.5 Å². The normalized spacial score (nSPS) is 24.0. The Kier molecular flexibility index (Phi) is 4.48. The average Bonchev–Trinajstić information content (AvgIpc) is 2.89. The topological polar surface area (TPSA) is 81.1 Å². The van der Waals surface area contributed by atoms with Crippen molar-refractivity contribution in [1.82, 2.24) is 10.0 Å². The molecule has 0 unspecified atom stereocenters. The summed E-state index contributed by atoms with van der Waals surface area (Å²) in [5.74, 6) is -4.68. The smallest absolute Gasteiger partial charge is 0.344 e. The van der Waals surface area contributed by atoms with E-state index >= 15 is 0 Å². The van der Waals surface area contributed by atoms with E-state index in [2.05, 4.69) is 0 Å². The number of aliphatic carboxylic acids is 1. The second kappa shape index (κ2) is 6.20. The van der Waals surface area contributed by atoms with E-state index in [9.17, 15) is 28.6 Å². The second-order valence-electron chi connectivity index (χ2n) is 6.24. The number of aliphatic hydroxyl groups is 1. The molecule has 25 heavy (non-hydrogen) atoms. The minimum Gasteiger partial charge on any atom is -0.509 e. The molecular formula is C16H15F2IN2O4. The Morgan fingerprint density at radius 1 is 1.36 bits per heavy atom. The van der Waals surface area contributed by atoms with Gasteiger partial charge in [-0.2, -0.15) is 0 Å². The summed E-state index contributed by atoms with van der Waals surface area (Å²) >= 11 is 1.77. The number of aliphatic hydroxyl groups excluding tert-OH is 1. The van der Waals surface area contributed by atoms with Crippen LogP contribution in [-0.4, -0.2) is 44.2 Å². The van der Waals surface area contributed by atoms with Crippen molar-refractivity contribution in [2.75, 3.05) is 6.54 Å². The number of carbonyl (C=O) groups is 2. The molecule has 0 saturated carbocycles. The molecule has 0 spiro atoms. The Morgan fingerprint density at radius 3 is 2.52 bits per heavy atom. The number of carbonyl (C=O) groups excluding carboxylic acids is 1. The van der Waals surface area contributed by atoms with Crippen LogP contribution in [-0.2, 0) is 16.1 Å². The van der Waals surface area contributed by atoms with Crippen LogP contribution in [0, 0.1) is 15.2 Å². The lowest BCUT2D eigenvalue weighted by atomic mass is 9.91. The van der Waals surface area contributed by atoms with Crippen molar-refractivity contribution in [1.29, 1.82) is 0 Å². The maximum absolute atomic E-state index is 14.2. The van der Waals surface area contributed by atoms with E-state index in [0.29, 0.717) is 23.0 Å². The van der Waals surface area contributed by atoms with Crippen molar-refractivity contribution < 1.29 is 28.6 Å². The van der Waals surface area contributed by atoms with Gasteiger partial charge in [-0.1, -0.05) is 0 Å². The lowest BCUT2D eigenvalue weighted by molar-refractivity contribution is -0.163. The lowest BCUT2D eigenvalue weighted by Crippen LogP contribution is -2.60. The number of hydrogen-bond acceptors (Lipinski definition) is 4. The van der Waals surface area contributed by atoms with Crippen LogP contribution >= 0.6 is 22.6 Å². The Balaban J connectivity index is 2.08. The summed E-state index contributed by atoms with van der Waals surface area (Å²) in [7, 11) is 0. The van der Waals surface area contributed by atoms with Gasteiger partial charge in [0.25, 0.3) is 5.91 Å². The van der Waals surface area contributed by atoms with Crippen LogP contribution in [0.5, 0.6) is 0 Å². The van der Waals surface area contributed by atoms with E-state index in [1.807, 2.05) is 0 Å². The summed E-state index contributed by atoms with van der Waals surface area (Å²) in [6.07, 6.45) is 1.03. The summed E-state index contributed by atoms with van der Waals surface area (Å²) in [5.41, 5.74) is -2.17. The Labute approximate surface area is 155 Å². The number of hydrazine groups is 1. The van der Waals surface area contributed by atoms with Gasteiger partial charge < -0.3 is 10.2 Å². The van der Waals surface area contributed by atoms with Crippen LogP contribution in [0.2, 0.25) is 0 Å². The molecule has 0 radical (unpaired) electrons. The van der Waals surface area contributed by atoms with E-state index in [4.69, 9.17) is 0 Å². The molecule has 0 bridgehead atoms. The summed E-state index contributed by atoms with van der Waals surface area (Å²) in [6.45, 7) is 1.53. The van der Waals surface area contributed by atoms with Gasteiger partial charge in [0.05, 0.1) is 12.1 Å². The first-order chi connectivity index (χ1) is 11.7. The van der Waals surface area contributed by atoms with E-state index in [1.165, 1.54) is 5.01 Å². The minimum atomic E-state index is -1.57. The Hall–Kier alpha value is -1.75. The molecule has 6 nitrogen and oxygen atoms in total. The zero-order valence-electron chi connectivity index (χ0n) is 13.2. The zero-order valence-corrected chi connectivity index (χ0v) is 15.4. The fourth-order valence-corrected chi connectivity index (χ4v) is 3.96. The monoisotopic (exact) mass is 464 g/mol. The third-order valence-electron chi connectivity index (χ3n) is 4.72. The second-order valence-corrected chi connectivity index (χ2v) is 7.49. The van der Waals surface area contributed by atoms with Gasteiger partial charge in [-0.15, -0.1) is 0 Å². The Bertz CT molecular complexity index is 790. The molecule has 2 heterocycles. The molecule has 2 N–H and O–H groups in total. The van der Waals surface area contributed by atoms with Crippen LogP contribution in [0.1, 0.15) is 25.3 Å². The highest BCUT2D eigenvalue weighted by atomic mass is 127. The number of nitrogens with zero attached hydrogens (tertiary/aromatic N) is 2. The molecule has 1 fully saturated rings. The lowest BCUT2D eigenvalue weighted by Gasteiger charge is -2.46. The number of amides is 1. The molecule has 3 rings (SSSR count). The van der Waals surface area contributed by atoms with Crippen molar-refractivity contribution >= 4 is 34.5 Å². The average molecular weight is 464 g/mol. The number of halogens is 3. The summed E-state index contributed by atoms with van der Waals surface area (Å²) < 4.78 is 28.7. The van der Waals surface area contributed by atoms with E-state index in [1.54, 1.807) is 29.5 Å². The maximum atomic E-state index is 14.2. The van der Waals surface area contributed by atoms with Gasteiger partial charge in [0.15, 0.2) is 5.57 Å². The predicted octanol–water partition coefficient (Wildman–Crippen LogP) is 2.58. The third kappa shape index (κ3) is 2.78. The fraction of sp³-hybridized carbons (Fsp3) is 0.375. The first kappa shape index (κ1) is 18.1. The summed E-state index contributed by atoms with van der Waals surface area (Å²) in [4.78, 5) is 24.0. The number of hydrogen-bond donors (Lipinski definition) is 2. The number of carboxylic acids is 1. The number of carboxylic acid groups (broad SMARTS) is 1. The molecule has 9 heteroatoms. The van der Waals surface area contributed by atoms with Crippen LogP contribution in [0.25, 0.3) is 0 Å². The number of fused-ring (bicyclic) bond motifs is 1. The van der Waals surface area contributed by atoms with Gasteiger partial charge in [0.2, 0.25) is 0 Å². The van der Waals surface area contributed by atoms with E-state index in [-0.39, 0.29) is 5.56 Å². The first-order valence-electron chi connectivity index (χ1n) is 7.56.